The fourth-order valence-corrected chi connectivity index (χ4v) is 2.34. The summed E-state index contributed by atoms with van der Waals surface area (Å²) < 4.78 is 39.7. The smallest absolute Gasteiger partial charge is 0.280 e. The number of nitrogens with two attached hydrogens (primary N) is 1. The number of aliphatic hydroxyl groups is 1. The molecule has 0 aliphatic carbocycles. The average molecular weight is 479 g/mol. The van der Waals surface area contributed by atoms with Gasteiger partial charge in [-0.1, -0.05) is 47.6 Å². The van der Waals surface area contributed by atoms with E-state index in [0.717, 1.165) is 12.3 Å². The van der Waals surface area contributed by atoms with E-state index in [2.05, 4.69) is 24.9 Å². The van der Waals surface area contributed by atoms with E-state index in [0.29, 0.717) is 11.3 Å². The first-order chi connectivity index (χ1) is 16.5. The van der Waals surface area contributed by atoms with Crippen LogP contribution in [0.25, 0.3) is 0 Å². The van der Waals surface area contributed by atoms with Crippen molar-refractivity contribution in [1.29, 1.82) is 0 Å². The second-order valence-corrected chi connectivity index (χ2v) is 5.54. The third kappa shape index (κ3) is 8.78. The van der Waals surface area contributed by atoms with Crippen LogP contribution in [0.1, 0.15) is 70.6 Å². The van der Waals surface area contributed by atoms with Crippen LogP contribution in [0.2, 0.25) is 0 Å². The van der Waals surface area contributed by atoms with Gasteiger partial charge in [0.25, 0.3) is 6.43 Å². The Labute approximate surface area is 198 Å². The van der Waals surface area contributed by atoms with Gasteiger partial charge in [0.05, 0.1) is 18.5 Å². The highest BCUT2D eigenvalue weighted by Gasteiger charge is 2.15. The van der Waals surface area contributed by atoms with E-state index in [1.165, 1.54) is 24.4 Å². The number of H-pyrrole nitrogens is 1. The van der Waals surface area contributed by atoms with Gasteiger partial charge < -0.3 is 15.8 Å². The third-order valence-corrected chi connectivity index (χ3v) is 3.69. The largest absolute Gasteiger partial charge is 0.392 e. The van der Waals surface area contributed by atoms with Gasteiger partial charge in [-0.3, -0.25) is 4.98 Å². The molecule has 0 saturated carbocycles. The Kier molecular flexibility index (Phi) is 15.2. The van der Waals surface area contributed by atoms with Crippen LogP contribution in [0.3, 0.4) is 0 Å². The lowest BCUT2D eigenvalue weighted by Gasteiger charge is -2.07. The van der Waals surface area contributed by atoms with Crippen molar-refractivity contribution in [3.8, 4) is 0 Å². The zero-order chi connectivity index (χ0) is 26.1. The lowest BCUT2D eigenvalue weighted by molar-refractivity contribution is 0.146. The Morgan fingerprint density at radius 2 is 1.76 bits per heavy atom. The predicted octanol–water partition coefficient (Wildman–Crippen LogP) is 5.94. The van der Waals surface area contributed by atoms with Crippen LogP contribution < -0.4 is 5.73 Å². The van der Waals surface area contributed by atoms with E-state index in [9.17, 15) is 18.3 Å². The number of aliphatic hydroxyl groups excluding tert-OH is 1. The summed E-state index contributed by atoms with van der Waals surface area (Å²) in [7, 11) is 0. The molecule has 0 atom stereocenters. The van der Waals surface area contributed by atoms with Crippen molar-refractivity contribution in [2.45, 2.75) is 54.6 Å². The number of aliphatic imine (C=N–C) groups is 2. The number of pyridine rings is 2. The zero-order valence-electron chi connectivity index (χ0n) is 20.4. The number of rotatable bonds is 5. The number of hydrogen-bond donors (Lipinski definition) is 3. The van der Waals surface area contributed by atoms with Crippen molar-refractivity contribution in [3.05, 3.63) is 77.4 Å². The van der Waals surface area contributed by atoms with E-state index < -0.39 is 17.9 Å². The number of aromatic amines is 1. The molecule has 10 heteroatoms. The molecule has 34 heavy (non-hydrogen) atoms. The zero-order valence-corrected chi connectivity index (χ0v) is 20.4. The summed E-state index contributed by atoms with van der Waals surface area (Å²) in [6, 6.07) is 6.88. The molecule has 186 valence electrons. The second kappa shape index (κ2) is 17.0. The SMILES string of the molecule is CC.CC.CC.NC(=NC(=Nc1ccncc1F)c1[nH]ccc1CO)c1cccc(C(F)F)n1. The maximum absolute atomic E-state index is 14.0. The van der Waals surface area contributed by atoms with E-state index in [1.807, 2.05) is 41.5 Å². The molecule has 0 amide bonds. The van der Waals surface area contributed by atoms with Crippen LogP contribution in [0.5, 0.6) is 0 Å². The summed E-state index contributed by atoms with van der Waals surface area (Å²) in [5.41, 5.74) is 6.17. The van der Waals surface area contributed by atoms with Gasteiger partial charge in [-0.2, -0.15) is 0 Å². The van der Waals surface area contributed by atoms with Gasteiger partial charge >= 0.3 is 0 Å². The molecule has 7 nitrogen and oxygen atoms in total. The summed E-state index contributed by atoms with van der Waals surface area (Å²) in [4.78, 5) is 18.6. The van der Waals surface area contributed by atoms with E-state index in [1.54, 1.807) is 12.3 Å². The molecule has 0 saturated heterocycles. The lowest BCUT2D eigenvalue weighted by Crippen LogP contribution is -2.19. The highest BCUT2D eigenvalue weighted by Crippen LogP contribution is 2.20. The van der Waals surface area contributed by atoms with Crippen molar-refractivity contribution in [2.24, 2.45) is 15.7 Å². The molecule has 0 unspecified atom stereocenters. The summed E-state index contributed by atoms with van der Waals surface area (Å²) in [6.07, 6.45) is 1.11. The van der Waals surface area contributed by atoms with Crippen molar-refractivity contribution < 1.29 is 18.3 Å². The van der Waals surface area contributed by atoms with Gasteiger partial charge in [-0.05, 0) is 24.3 Å². The molecule has 0 aliphatic rings. The van der Waals surface area contributed by atoms with Gasteiger partial charge in [0.15, 0.2) is 17.5 Å². The predicted molar refractivity (Wildman–Crippen MR) is 131 cm³/mol. The number of alkyl halides is 2. The molecule has 0 bridgehead atoms. The highest BCUT2D eigenvalue weighted by molar-refractivity contribution is 6.10. The maximum Gasteiger partial charge on any atom is 0.280 e. The van der Waals surface area contributed by atoms with Gasteiger partial charge in [0.2, 0.25) is 0 Å². The number of amidine groups is 2. The Bertz CT molecular complexity index is 1030. The van der Waals surface area contributed by atoms with E-state index >= 15 is 0 Å². The lowest BCUT2D eigenvalue weighted by atomic mass is 10.2. The van der Waals surface area contributed by atoms with Gasteiger partial charge in [0.1, 0.15) is 17.1 Å². The molecule has 0 radical (unpaired) electrons. The summed E-state index contributed by atoms with van der Waals surface area (Å²) >= 11 is 0. The van der Waals surface area contributed by atoms with Crippen LogP contribution in [-0.4, -0.2) is 31.7 Å². The minimum atomic E-state index is -2.77. The Balaban J connectivity index is 0.00000168. The third-order valence-electron chi connectivity index (χ3n) is 3.69. The quantitative estimate of drug-likeness (QED) is 0.311. The molecule has 0 spiro atoms. The van der Waals surface area contributed by atoms with Crippen LogP contribution in [0.15, 0.2) is 58.9 Å². The summed E-state index contributed by atoms with van der Waals surface area (Å²) in [5, 5.41) is 9.49. The van der Waals surface area contributed by atoms with Crippen molar-refractivity contribution >= 4 is 17.4 Å². The molecule has 0 aromatic carbocycles. The molecular weight excluding hydrogens is 445 g/mol. The van der Waals surface area contributed by atoms with E-state index in [-0.39, 0.29) is 29.7 Å². The number of hydrogen-bond acceptors (Lipinski definition) is 4. The normalized spacial score (nSPS) is 10.9. The van der Waals surface area contributed by atoms with Gasteiger partial charge in [0, 0.05) is 18.0 Å². The van der Waals surface area contributed by atoms with Crippen LogP contribution in [-0.2, 0) is 6.61 Å². The van der Waals surface area contributed by atoms with Crippen molar-refractivity contribution in [1.82, 2.24) is 15.0 Å². The minimum Gasteiger partial charge on any atom is -0.392 e. The number of halogens is 3. The monoisotopic (exact) mass is 478 g/mol. The number of nitrogens with one attached hydrogen (secondary N) is 1. The molecule has 3 aromatic rings. The van der Waals surface area contributed by atoms with E-state index in [4.69, 9.17) is 5.73 Å². The molecule has 0 fully saturated rings. The fourth-order valence-electron chi connectivity index (χ4n) is 2.34. The van der Waals surface area contributed by atoms with Crippen molar-refractivity contribution in [2.75, 3.05) is 0 Å². The molecule has 4 N–H and O–H groups in total. The fraction of sp³-hybridized carbons (Fsp3) is 0.333. The highest BCUT2D eigenvalue weighted by atomic mass is 19.3. The first-order valence-electron chi connectivity index (χ1n) is 11.0. The molecule has 0 aliphatic heterocycles. The van der Waals surface area contributed by atoms with Crippen LogP contribution >= 0.6 is 0 Å². The Morgan fingerprint density at radius 3 is 2.35 bits per heavy atom. The molecule has 3 rings (SSSR count). The van der Waals surface area contributed by atoms with Gasteiger partial charge in [-0.15, -0.1) is 0 Å². The maximum atomic E-state index is 14.0. The van der Waals surface area contributed by atoms with Gasteiger partial charge in [-0.25, -0.2) is 28.1 Å². The summed E-state index contributed by atoms with van der Waals surface area (Å²) in [6.45, 7) is 11.7. The number of aromatic nitrogens is 3. The summed E-state index contributed by atoms with van der Waals surface area (Å²) in [5.74, 6) is -0.946. The standard InChI is InChI=1S/C18H15F3N6O.3C2H6/c19-11-8-23-6-5-12(11)26-18(15-10(9-28)4-7-24-15)27-17(22)14-3-1-2-13(25-14)16(20)21;3*1-2/h1-8,16,24,28H,9H2,(H2,22,23,26,27);3*1-2H3. The molecular formula is C24H33F3N6O. The first kappa shape index (κ1) is 30.5. The van der Waals surface area contributed by atoms with Crippen LogP contribution in [0, 0.1) is 5.82 Å². The molecule has 3 heterocycles. The first-order valence-corrected chi connectivity index (χ1v) is 11.0. The van der Waals surface area contributed by atoms with Crippen LogP contribution in [0.4, 0.5) is 18.9 Å². The number of nitrogens with zero attached hydrogens (tertiary/aromatic N) is 4. The second-order valence-electron chi connectivity index (χ2n) is 5.54. The van der Waals surface area contributed by atoms with Crippen molar-refractivity contribution in [3.63, 3.8) is 0 Å². The minimum absolute atomic E-state index is 0.0119. The topological polar surface area (TPSA) is 113 Å². The Morgan fingerprint density at radius 1 is 1.09 bits per heavy atom. The molecule has 3 aromatic heterocycles. The Hall–Kier alpha value is -3.53. The average Bonchev–Trinajstić information content (AvgIpc) is 3.37.